The SMILES string of the molecule is CCCCCCCCC(C=C=[N+]=[N-])=C(c1ccc(CCCCCC)cc1)c1cccc(C)c1.[CH3][Pd][CH3]. The summed E-state index contributed by atoms with van der Waals surface area (Å²) in [7, 11) is 0. The fourth-order valence-corrected chi connectivity index (χ4v) is 4.40. The molecule has 0 aromatic heterocycles. The first kappa shape index (κ1) is 32.0. The van der Waals surface area contributed by atoms with E-state index in [4.69, 9.17) is 5.53 Å². The normalized spacial score (nSPS) is 11.1. The Kier molecular flexibility index (Phi) is 18.8. The molecule has 36 heavy (non-hydrogen) atoms. The van der Waals surface area contributed by atoms with Gasteiger partial charge in [0, 0.05) is 0 Å². The molecule has 3 heteroatoms. The molecule has 2 aromatic carbocycles. The molecule has 0 radical (unpaired) electrons. The first-order valence-electron chi connectivity index (χ1n) is 13.6. The molecule has 0 aliphatic rings. The Morgan fingerprint density at radius 3 is 2.06 bits per heavy atom. The third-order valence-electron chi connectivity index (χ3n) is 6.29. The van der Waals surface area contributed by atoms with Crippen LogP contribution in [0.2, 0.25) is 10.8 Å². The van der Waals surface area contributed by atoms with E-state index in [-0.39, 0.29) is 0 Å². The van der Waals surface area contributed by atoms with Gasteiger partial charge in [-0.15, -0.1) is 4.79 Å². The third kappa shape index (κ3) is 13.3. The Morgan fingerprint density at radius 1 is 0.833 bits per heavy atom. The average molecular weight is 579 g/mol. The monoisotopic (exact) mass is 578 g/mol. The second-order valence-corrected chi connectivity index (χ2v) is 11.0. The molecule has 0 bridgehead atoms. The molecule has 0 heterocycles. The Labute approximate surface area is 230 Å². The maximum atomic E-state index is 9.07. The van der Waals surface area contributed by atoms with Crippen LogP contribution in [0.4, 0.5) is 0 Å². The average Bonchev–Trinajstić information content (AvgIpc) is 2.88. The van der Waals surface area contributed by atoms with E-state index in [1.54, 1.807) is 0 Å². The number of rotatable bonds is 15. The van der Waals surface area contributed by atoms with E-state index in [0.717, 1.165) is 37.2 Å². The second-order valence-electron chi connectivity index (χ2n) is 9.48. The van der Waals surface area contributed by atoms with Gasteiger partial charge in [-0.05, 0) is 60.4 Å². The van der Waals surface area contributed by atoms with Gasteiger partial charge in [0.1, 0.15) is 0 Å². The van der Waals surface area contributed by atoms with E-state index in [1.165, 1.54) is 91.2 Å². The van der Waals surface area contributed by atoms with Gasteiger partial charge in [0.2, 0.25) is 0 Å². The molecule has 0 atom stereocenters. The van der Waals surface area contributed by atoms with Gasteiger partial charge < -0.3 is 5.53 Å². The molecular formula is C33H48N2Pd. The fraction of sp³-hybridized carbons (Fsp3) is 0.515. The van der Waals surface area contributed by atoms with Crippen LogP contribution < -0.4 is 0 Å². The summed E-state index contributed by atoms with van der Waals surface area (Å²) in [5.74, 6) is 2.69. The zero-order valence-electron chi connectivity index (χ0n) is 23.4. The van der Waals surface area contributed by atoms with Crippen molar-refractivity contribution in [3.05, 3.63) is 88.0 Å². The number of nitrogens with zero attached hydrogens (tertiary/aromatic N) is 2. The van der Waals surface area contributed by atoms with Gasteiger partial charge in [0.25, 0.3) is 5.87 Å². The number of unbranched alkanes of at least 4 members (excludes halogenated alkanes) is 8. The van der Waals surface area contributed by atoms with Gasteiger partial charge >= 0.3 is 28.8 Å². The molecule has 2 nitrogen and oxygen atoms in total. The van der Waals surface area contributed by atoms with Crippen LogP contribution in [0.15, 0.2) is 60.2 Å². The van der Waals surface area contributed by atoms with Crippen molar-refractivity contribution in [1.29, 1.82) is 0 Å². The van der Waals surface area contributed by atoms with Crippen LogP contribution in [0.3, 0.4) is 0 Å². The van der Waals surface area contributed by atoms with Crippen molar-refractivity contribution in [3.63, 3.8) is 0 Å². The van der Waals surface area contributed by atoms with Gasteiger partial charge in [-0.3, -0.25) is 0 Å². The third-order valence-corrected chi connectivity index (χ3v) is 6.29. The van der Waals surface area contributed by atoms with Crippen molar-refractivity contribution < 1.29 is 22.8 Å². The van der Waals surface area contributed by atoms with Gasteiger partial charge in [0.05, 0.1) is 6.08 Å². The topological polar surface area (TPSA) is 36.4 Å². The van der Waals surface area contributed by atoms with E-state index in [9.17, 15) is 0 Å². The molecule has 200 valence electrons. The molecule has 0 spiro atoms. The minimum atomic E-state index is 0.950. The first-order valence-corrected chi connectivity index (χ1v) is 16.8. The molecule has 0 saturated heterocycles. The quantitative estimate of drug-likeness (QED) is 0.0503. The Balaban J connectivity index is 0.00000205. The van der Waals surface area contributed by atoms with E-state index >= 15 is 0 Å². The molecule has 0 fully saturated rings. The van der Waals surface area contributed by atoms with Crippen LogP contribution in [-0.2, 0) is 24.4 Å². The summed E-state index contributed by atoms with van der Waals surface area (Å²) in [6.45, 7) is 6.65. The molecule has 0 N–H and O–H groups in total. The first-order chi connectivity index (χ1) is 17.6. The summed E-state index contributed by atoms with van der Waals surface area (Å²) in [5.41, 5.74) is 16.6. The molecule has 0 unspecified atom stereocenters. The molecular weight excluding hydrogens is 531 g/mol. The van der Waals surface area contributed by atoms with Crippen LogP contribution in [0, 0.1) is 6.92 Å². The van der Waals surface area contributed by atoms with Crippen LogP contribution >= 0.6 is 0 Å². The van der Waals surface area contributed by atoms with Crippen molar-refractivity contribution in [3.8, 4) is 0 Å². The van der Waals surface area contributed by atoms with Crippen LogP contribution in [0.5, 0.6) is 0 Å². The summed E-state index contributed by atoms with van der Waals surface area (Å²) in [6, 6.07) is 17.8. The summed E-state index contributed by atoms with van der Waals surface area (Å²) in [4.78, 5) is 3.15. The predicted molar refractivity (Wildman–Crippen MR) is 154 cm³/mol. The van der Waals surface area contributed by atoms with Crippen molar-refractivity contribution in [2.45, 2.75) is 109 Å². The van der Waals surface area contributed by atoms with Gasteiger partial charge in [0.15, 0.2) is 0 Å². The molecule has 0 amide bonds. The van der Waals surface area contributed by atoms with Crippen LogP contribution in [-0.4, -0.2) is 10.7 Å². The predicted octanol–water partition coefficient (Wildman–Crippen LogP) is 10.3. The Morgan fingerprint density at radius 2 is 1.44 bits per heavy atom. The Hall–Kier alpha value is -2.00. The van der Waals surface area contributed by atoms with Crippen molar-refractivity contribution in [2.75, 3.05) is 0 Å². The van der Waals surface area contributed by atoms with Crippen molar-refractivity contribution in [1.82, 2.24) is 0 Å². The van der Waals surface area contributed by atoms with Gasteiger partial charge in [-0.25, -0.2) is 0 Å². The number of hydrogen-bond donors (Lipinski definition) is 0. The van der Waals surface area contributed by atoms with Crippen molar-refractivity contribution >= 4 is 11.4 Å². The van der Waals surface area contributed by atoms with E-state index < -0.39 is 0 Å². The summed E-state index contributed by atoms with van der Waals surface area (Å²) in [6.07, 6.45) is 16.7. The molecule has 2 aromatic rings. The molecule has 2 rings (SSSR count). The maximum absolute atomic E-state index is 9.07. The van der Waals surface area contributed by atoms with E-state index in [2.05, 4.69) is 90.8 Å². The number of hydrogen-bond acceptors (Lipinski definition) is 0. The number of aryl methyl sites for hydroxylation is 2. The fourth-order valence-electron chi connectivity index (χ4n) is 4.40. The summed E-state index contributed by atoms with van der Waals surface area (Å²) < 4.78 is 0. The van der Waals surface area contributed by atoms with Gasteiger partial charge in [-0.1, -0.05) is 119 Å². The summed E-state index contributed by atoms with van der Waals surface area (Å²) >= 11 is 0.950. The number of benzene rings is 2. The molecule has 0 saturated carbocycles. The summed E-state index contributed by atoms with van der Waals surface area (Å²) in [5, 5.41) is 4.35. The second kappa shape index (κ2) is 21.1. The zero-order valence-corrected chi connectivity index (χ0v) is 24.9. The van der Waals surface area contributed by atoms with E-state index in [1.807, 2.05) is 6.08 Å². The molecule has 0 aliphatic heterocycles. The zero-order chi connectivity index (χ0) is 26.4. The number of allylic oxidation sites excluding steroid dienone is 2. The standard InChI is InChI=1S/C31H42N2.2CH3.Pd/c1-4-6-8-10-11-13-17-28(23-24-33-32)31(30-18-14-15-26(3)25-30)29-21-19-27(20-22-29)16-12-9-7-5-2;;;/h14-15,18-23,25H,4-13,16-17H2,1-3H3;2*1H3;. The van der Waals surface area contributed by atoms with Crippen LogP contribution in [0.1, 0.15) is 107 Å². The minimum absolute atomic E-state index is 0.950. The van der Waals surface area contributed by atoms with Crippen molar-refractivity contribution in [2.24, 2.45) is 0 Å². The molecule has 0 aliphatic carbocycles. The Bertz CT molecular complexity index is 961. The van der Waals surface area contributed by atoms with Gasteiger partial charge in [-0.2, -0.15) is 0 Å². The van der Waals surface area contributed by atoms with E-state index in [0.29, 0.717) is 0 Å². The van der Waals surface area contributed by atoms with Crippen LogP contribution in [0.25, 0.3) is 11.1 Å².